The molecular weight excluding hydrogens is 262 g/mol. The second-order valence-electron chi connectivity index (χ2n) is 6.01. The van der Waals surface area contributed by atoms with E-state index in [1.54, 1.807) is 0 Å². The van der Waals surface area contributed by atoms with Gasteiger partial charge in [-0.05, 0) is 53.3 Å². The zero-order chi connectivity index (χ0) is 14.6. The smallest absolute Gasteiger partial charge is 0.330 e. The molecule has 6 heteroatoms. The topological polar surface area (TPSA) is 55.8 Å². The molecule has 0 aliphatic carbocycles. The van der Waals surface area contributed by atoms with Crippen molar-refractivity contribution in [1.82, 2.24) is 4.90 Å². The standard InChI is InChI=1S/C13H24NO4Si/c1-13(2,3)14-8-6-7-10(14)12(16)17-9-11(15)18-19(4)5/h10H,6-9H2,1-5H3/t10-/m0/s1. The van der Waals surface area contributed by atoms with E-state index in [2.05, 4.69) is 25.7 Å². The molecule has 109 valence electrons. The fourth-order valence-electron chi connectivity index (χ4n) is 2.30. The Hall–Kier alpha value is -0.883. The van der Waals surface area contributed by atoms with Gasteiger partial charge in [0.05, 0.1) is 0 Å². The van der Waals surface area contributed by atoms with E-state index in [1.165, 1.54) is 0 Å². The molecule has 1 aliphatic rings. The van der Waals surface area contributed by atoms with Gasteiger partial charge in [-0.25, -0.2) is 4.79 Å². The first-order valence-electron chi connectivity index (χ1n) is 6.66. The Morgan fingerprint density at radius 2 is 1.95 bits per heavy atom. The molecule has 5 nitrogen and oxygen atoms in total. The number of carbonyl (C=O) groups is 2. The molecule has 1 aliphatic heterocycles. The van der Waals surface area contributed by atoms with Crippen LogP contribution in [-0.4, -0.2) is 50.6 Å². The molecule has 0 aromatic rings. The first-order valence-corrected chi connectivity index (χ1v) is 9.07. The van der Waals surface area contributed by atoms with Crippen LogP contribution < -0.4 is 0 Å². The van der Waals surface area contributed by atoms with Gasteiger partial charge < -0.3 is 9.16 Å². The van der Waals surface area contributed by atoms with E-state index < -0.39 is 15.0 Å². The molecule has 0 N–H and O–H groups in total. The average molecular weight is 286 g/mol. The number of hydrogen-bond donors (Lipinski definition) is 0. The maximum Gasteiger partial charge on any atom is 0.330 e. The minimum atomic E-state index is -1.08. The molecule has 1 fully saturated rings. The van der Waals surface area contributed by atoms with Crippen molar-refractivity contribution in [3.63, 3.8) is 0 Å². The van der Waals surface area contributed by atoms with Gasteiger partial charge >= 0.3 is 11.9 Å². The van der Waals surface area contributed by atoms with Crippen LogP contribution in [0.5, 0.6) is 0 Å². The monoisotopic (exact) mass is 286 g/mol. The van der Waals surface area contributed by atoms with Crippen molar-refractivity contribution in [3.8, 4) is 0 Å². The molecule has 0 amide bonds. The van der Waals surface area contributed by atoms with Crippen LogP contribution in [0.1, 0.15) is 33.6 Å². The first-order chi connectivity index (χ1) is 8.71. The highest BCUT2D eigenvalue weighted by molar-refractivity contribution is 6.50. The summed E-state index contributed by atoms with van der Waals surface area (Å²) < 4.78 is 10.1. The predicted molar refractivity (Wildman–Crippen MR) is 74.0 cm³/mol. The molecule has 0 bridgehead atoms. The second-order valence-corrected chi connectivity index (χ2v) is 8.03. The van der Waals surface area contributed by atoms with E-state index in [1.807, 2.05) is 13.1 Å². The maximum absolute atomic E-state index is 12.0. The molecule has 0 saturated carbocycles. The van der Waals surface area contributed by atoms with E-state index in [0.29, 0.717) is 0 Å². The Balaban J connectivity index is 2.47. The second kappa shape index (κ2) is 6.52. The minimum Gasteiger partial charge on any atom is -0.516 e. The van der Waals surface area contributed by atoms with Crippen molar-refractivity contribution in [2.24, 2.45) is 0 Å². The molecule has 0 unspecified atom stereocenters. The summed E-state index contributed by atoms with van der Waals surface area (Å²) in [5.74, 6) is -0.766. The fraction of sp³-hybridized carbons (Fsp3) is 0.846. The normalized spacial score (nSPS) is 20.6. The van der Waals surface area contributed by atoms with Gasteiger partial charge in [0, 0.05) is 5.54 Å². The third-order valence-corrected chi connectivity index (χ3v) is 3.67. The first kappa shape index (κ1) is 16.2. The molecule has 19 heavy (non-hydrogen) atoms. The van der Waals surface area contributed by atoms with Crippen molar-refractivity contribution in [1.29, 1.82) is 0 Å². The van der Waals surface area contributed by atoms with Crippen LogP contribution in [0.25, 0.3) is 0 Å². The summed E-state index contributed by atoms with van der Waals surface area (Å²) in [6, 6.07) is -0.235. The molecule has 1 saturated heterocycles. The van der Waals surface area contributed by atoms with E-state index >= 15 is 0 Å². The lowest BCUT2D eigenvalue weighted by atomic mass is 10.0. The van der Waals surface area contributed by atoms with Crippen LogP contribution in [0.15, 0.2) is 0 Å². The quantitative estimate of drug-likeness (QED) is 0.580. The zero-order valence-electron chi connectivity index (χ0n) is 12.5. The van der Waals surface area contributed by atoms with Crippen LogP contribution in [0, 0.1) is 0 Å². The third kappa shape index (κ3) is 4.95. The number of hydrogen-bond acceptors (Lipinski definition) is 5. The molecule has 0 aromatic carbocycles. The lowest BCUT2D eigenvalue weighted by Crippen LogP contribution is -2.48. The van der Waals surface area contributed by atoms with Crippen molar-refractivity contribution in [2.45, 2.75) is 58.3 Å². The lowest BCUT2D eigenvalue weighted by Gasteiger charge is -2.35. The number of rotatable bonds is 4. The van der Waals surface area contributed by atoms with Gasteiger partial charge in [0.1, 0.15) is 6.04 Å². The van der Waals surface area contributed by atoms with Gasteiger partial charge in [-0.3, -0.25) is 9.69 Å². The summed E-state index contributed by atoms with van der Waals surface area (Å²) in [7, 11) is -1.08. The largest absolute Gasteiger partial charge is 0.516 e. The number of likely N-dealkylation sites (tertiary alicyclic amines) is 1. The molecule has 1 rings (SSSR count). The fourth-order valence-corrected chi connectivity index (χ4v) is 2.81. The van der Waals surface area contributed by atoms with Crippen LogP contribution in [0.3, 0.4) is 0 Å². The molecular formula is C13H24NO4Si. The summed E-state index contributed by atoms with van der Waals surface area (Å²) in [6.07, 6.45) is 1.78. The summed E-state index contributed by atoms with van der Waals surface area (Å²) in [5.41, 5.74) is -0.0658. The summed E-state index contributed by atoms with van der Waals surface area (Å²) in [4.78, 5) is 25.5. The Bertz CT molecular complexity index is 338. The van der Waals surface area contributed by atoms with Gasteiger partial charge in [-0.2, -0.15) is 0 Å². The molecule has 0 aromatic heterocycles. The number of carbonyl (C=O) groups excluding carboxylic acids is 2. The van der Waals surface area contributed by atoms with E-state index in [4.69, 9.17) is 9.16 Å². The summed E-state index contributed by atoms with van der Waals surface area (Å²) >= 11 is 0. The lowest BCUT2D eigenvalue weighted by molar-refractivity contribution is -0.158. The van der Waals surface area contributed by atoms with Crippen molar-refractivity contribution < 1.29 is 18.8 Å². The number of ether oxygens (including phenoxy) is 1. The number of esters is 1. The maximum atomic E-state index is 12.0. The highest BCUT2D eigenvalue weighted by atomic mass is 28.3. The highest BCUT2D eigenvalue weighted by Crippen LogP contribution is 2.26. The Morgan fingerprint density at radius 1 is 1.32 bits per heavy atom. The van der Waals surface area contributed by atoms with Crippen LogP contribution in [-0.2, 0) is 18.8 Å². The van der Waals surface area contributed by atoms with Gasteiger partial charge in [0.2, 0.25) is 0 Å². The Morgan fingerprint density at radius 3 is 2.47 bits per heavy atom. The van der Waals surface area contributed by atoms with Gasteiger partial charge in [-0.15, -0.1) is 0 Å². The summed E-state index contributed by atoms with van der Waals surface area (Å²) in [5, 5.41) is 0. The van der Waals surface area contributed by atoms with Crippen molar-refractivity contribution in [2.75, 3.05) is 13.2 Å². The summed E-state index contributed by atoms with van der Waals surface area (Å²) in [6.45, 7) is 10.6. The third-order valence-electron chi connectivity index (χ3n) is 3.04. The SMILES string of the molecule is C[Si](C)OC(=O)COC(=O)[C@@H]1CCCN1C(C)(C)C. The van der Waals surface area contributed by atoms with Gasteiger partial charge in [0.25, 0.3) is 9.04 Å². The van der Waals surface area contributed by atoms with Crippen LogP contribution >= 0.6 is 0 Å². The predicted octanol–water partition coefficient (Wildman–Crippen LogP) is 1.59. The number of nitrogens with zero attached hydrogens (tertiary/aromatic N) is 1. The Labute approximate surface area is 117 Å². The highest BCUT2D eigenvalue weighted by Gasteiger charge is 2.38. The average Bonchev–Trinajstić information content (AvgIpc) is 2.73. The Kier molecular flexibility index (Phi) is 5.55. The molecule has 1 heterocycles. The van der Waals surface area contributed by atoms with Gasteiger partial charge in [0.15, 0.2) is 6.61 Å². The van der Waals surface area contributed by atoms with E-state index in [0.717, 1.165) is 19.4 Å². The van der Waals surface area contributed by atoms with Crippen molar-refractivity contribution in [3.05, 3.63) is 0 Å². The zero-order valence-corrected chi connectivity index (χ0v) is 13.5. The minimum absolute atomic E-state index is 0.0658. The molecule has 0 spiro atoms. The van der Waals surface area contributed by atoms with Crippen LogP contribution in [0.2, 0.25) is 13.1 Å². The van der Waals surface area contributed by atoms with Crippen LogP contribution in [0.4, 0.5) is 0 Å². The molecule has 1 radical (unpaired) electrons. The molecule has 1 atom stereocenters. The van der Waals surface area contributed by atoms with Crippen molar-refractivity contribution >= 4 is 21.0 Å². The van der Waals surface area contributed by atoms with E-state index in [9.17, 15) is 9.59 Å². The van der Waals surface area contributed by atoms with E-state index in [-0.39, 0.29) is 24.2 Å². The van der Waals surface area contributed by atoms with Gasteiger partial charge in [-0.1, -0.05) is 0 Å².